The Bertz CT molecular complexity index is 615. The van der Waals surface area contributed by atoms with Gasteiger partial charge in [-0.1, -0.05) is 45.9 Å². The maximum Gasteiger partial charge on any atom is 0.227 e. The summed E-state index contributed by atoms with van der Waals surface area (Å²) in [7, 11) is 0. The van der Waals surface area contributed by atoms with E-state index in [1.807, 2.05) is 18.3 Å². The van der Waals surface area contributed by atoms with Gasteiger partial charge < -0.3 is 9.88 Å². The second kappa shape index (κ2) is 8.19. The van der Waals surface area contributed by atoms with Crippen molar-refractivity contribution in [3.63, 3.8) is 0 Å². The molecule has 1 aromatic heterocycles. The minimum absolute atomic E-state index is 0.246. The molecule has 0 bridgehead atoms. The Morgan fingerprint density at radius 3 is 2.26 bits per heavy atom. The number of hydrogen-bond donors (Lipinski definition) is 1. The number of hydrogen-bond acceptors (Lipinski definition) is 1. The molecule has 0 aliphatic rings. The van der Waals surface area contributed by atoms with E-state index < -0.39 is 0 Å². The number of nitrogens with one attached hydrogen (secondary N) is 1. The van der Waals surface area contributed by atoms with Crippen LogP contribution in [0, 0.1) is 11.8 Å². The molecule has 0 radical (unpaired) electrons. The summed E-state index contributed by atoms with van der Waals surface area (Å²) in [4.78, 5) is 18.1. The lowest BCUT2D eigenvalue weighted by molar-refractivity contribution is -0.130. The van der Waals surface area contributed by atoms with Gasteiger partial charge in [-0.15, -0.1) is 0 Å². The summed E-state index contributed by atoms with van der Waals surface area (Å²) in [6.07, 6.45) is 4.60. The van der Waals surface area contributed by atoms with E-state index in [4.69, 9.17) is 0 Å². The molecule has 0 saturated carbocycles. The van der Waals surface area contributed by atoms with E-state index in [1.165, 1.54) is 0 Å². The van der Waals surface area contributed by atoms with Crippen molar-refractivity contribution in [1.82, 2.24) is 9.88 Å². The third kappa shape index (κ3) is 5.12. The largest absolute Gasteiger partial charge is 0.361 e. The number of benzene rings is 1. The Kier molecular flexibility index (Phi) is 6.26. The number of aromatic amines is 1. The van der Waals surface area contributed by atoms with Gasteiger partial charge in [0.2, 0.25) is 5.91 Å². The van der Waals surface area contributed by atoms with Gasteiger partial charge >= 0.3 is 0 Å². The Morgan fingerprint density at radius 2 is 1.65 bits per heavy atom. The molecule has 1 heterocycles. The lowest BCUT2D eigenvalue weighted by atomic mass is 10.1. The molecule has 0 unspecified atom stereocenters. The smallest absolute Gasteiger partial charge is 0.227 e. The van der Waals surface area contributed by atoms with Crippen LogP contribution in [0.15, 0.2) is 30.5 Å². The minimum atomic E-state index is 0.246. The van der Waals surface area contributed by atoms with Crippen LogP contribution in [0.2, 0.25) is 0 Å². The minimum Gasteiger partial charge on any atom is -0.361 e. The number of para-hydroxylation sites is 1. The molecule has 1 amide bonds. The van der Waals surface area contributed by atoms with Crippen LogP contribution in [0.4, 0.5) is 0 Å². The molecule has 0 atom stereocenters. The van der Waals surface area contributed by atoms with Crippen LogP contribution in [0.1, 0.15) is 46.1 Å². The maximum atomic E-state index is 12.8. The van der Waals surface area contributed by atoms with Crippen molar-refractivity contribution < 1.29 is 4.79 Å². The SMILES string of the molecule is CC(C)CCN(CCC(C)C)C(=O)Cc1c[nH]c2ccccc12. The van der Waals surface area contributed by atoms with Gasteiger partial charge in [0.15, 0.2) is 0 Å². The van der Waals surface area contributed by atoms with Crippen molar-refractivity contribution in [2.75, 3.05) is 13.1 Å². The van der Waals surface area contributed by atoms with Crippen molar-refractivity contribution in [1.29, 1.82) is 0 Å². The molecule has 0 fully saturated rings. The fourth-order valence-electron chi connectivity index (χ4n) is 2.74. The molecule has 3 nitrogen and oxygen atoms in total. The first kappa shape index (κ1) is 17.6. The highest BCUT2D eigenvalue weighted by Crippen LogP contribution is 2.19. The van der Waals surface area contributed by atoms with Gasteiger partial charge in [0.05, 0.1) is 6.42 Å². The van der Waals surface area contributed by atoms with Crippen LogP contribution in [0.5, 0.6) is 0 Å². The zero-order valence-corrected chi connectivity index (χ0v) is 14.9. The highest BCUT2D eigenvalue weighted by molar-refractivity contribution is 5.88. The van der Waals surface area contributed by atoms with Gasteiger partial charge in [-0.05, 0) is 36.3 Å². The Balaban J connectivity index is 2.06. The first-order chi connectivity index (χ1) is 11.0. The Hall–Kier alpha value is -1.77. The first-order valence-corrected chi connectivity index (χ1v) is 8.80. The molecule has 0 aliphatic heterocycles. The fraction of sp³-hybridized carbons (Fsp3) is 0.550. The maximum absolute atomic E-state index is 12.8. The van der Waals surface area contributed by atoms with E-state index in [2.05, 4.69) is 49.7 Å². The highest BCUT2D eigenvalue weighted by atomic mass is 16.2. The van der Waals surface area contributed by atoms with Crippen LogP contribution in [-0.4, -0.2) is 28.9 Å². The summed E-state index contributed by atoms with van der Waals surface area (Å²) >= 11 is 0. The number of rotatable bonds is 8. The Labute approximate surface area is 140 Å². The van der Waals surface area contributed by atoms with Crippen LogP contribution in [0.25, 0.3) is 10.9 Å². The molecule has 0 aliphatic carbocycles. The third-order valence-corrected chi connectivity index (χ3v) is 4.32. The molecule has 0 saturated heterocycles. The number of amides is 1. The topological polar surface area (TPSA) is 36.1 Å². The highest BCUT2D eigenvalue weighted by Gasteiger charge is 2.16. The van der Waals surface area contributed by atoms with Crippen molar-refractivity contribution in [2.24, 2.45) is 11.8 Å². The molecular weight excluding hydrogens is 284 g/mol. The lowest BCUT2D eigenvalue weighted by Gasteiger charge is -2.24. The van der Waals surface area contributed by atoms with Crippen LogP contribution < -0.4 is 0 Å². The molecule has 1 aromatic carbocycles. The molecule has 1 N–H and O–H groups in total. The number of H-pyrrole nitrogens is 1. The summed E-state index contributed by atoms with van der Waals surface area (Å²) in [6, 6.07) is 8.18. The fourth-order valence-corrected chi connectivity index (χ4v) is 2.74. The van der Waals surface area contributed by atoms with Gasteiger partial charge in [0.1, 0.15) is 0 Å². The van der Waals surface area contributed by atoms with Crippen LogP contribution >= 0.6 is 0 Å². The van der Waals surface area contributed by atoms with E-state index in [9.17, 15) is 4.79 Å². The number of carbonyl (C=O) groups is 1. The first-order valence-electron chi connectivity index (χ1n) is 8.80. The molecule has 126 valence electrons. The third-order valence-electron chi connectivity index (χ3n) is 4.32. The normalized spacial score (nSPS) is 11.6. The van der Waals surface area contributed by atoms with Crippen molar-refractivity contribution >= 4 is 16.8 Å². The van der Waals surface area contributed by atoms with E-state index >= 15 is 0 Å². The second-order valence-corrected chi connectivity index (χ2v) is 7.28. The molecule has 2 rings (SSSR count). The van der Waals surface area contributed by atoms with E-state index in [-0.39, 0.29) is 5.91 Å². The quantitative estimate of drug-likeness (QED) is 0.757. The number of nitrogens with zero attached hydrogens (tertiary/aromatic N) is 1. The lowest BCUT2D eigenvalue weighted by Crippen LogP contribution is -2.35. The van der Waals surface area contributed by atoms with Gasteiger partial charge in [-0.25, -0.2) is 0 Å². The van der Waals surface area contributed by atoms with E-state index in [0.29, 0.717) is 18.3 Å². The Morgan fingerprint density at radius 1 is 1.04 bits per heavy atom. The van der Waals surface area contributed by atoms with Crippen molar-refractivity contribution in [2.45, 2.75) is 47.0 Å². The molecule has 3 heteroatoms. The van der Waals surface area contributed by atoms with Crippen molar-refractivity contribution in [3.05, 3.63) is 36.0 Å². The number of fused-ring (bicyclic) bond motifs is 1. The number of carbonyl (C=O) groups excluding carboxylic acids is 1. The van der Waals surface area contributed by atoms with Crippen molar-refractivity contribution in [3.8, 4) is 0 Å². The zero-order valence-electron chi connectivity index (χ0n) is 14.9. The molecular formula is C20H30N2O. The van der Waals surface area contributed by atoms with E-state index in [0.717, 1.165) is 42.4 Å². The van der Waals surface area contributed by atoms with Gasteiger partial charge in [0.25, 0.3) is 0 Å². The average molecular weight is 314 g/mol. The van der Waals surface area contributed by atoms with E-state index in [1.54, 1.807) is 0 Å². The predicted molar refractivity (Wildman–Crippen MR) is 97.5 cm³/mol. The molecule has 23 heavy (non-hydrogen) atoms. The zero-order chi connectivity index (χ0) is 16.8. The standard InChI is InChI=1S/C20H30N2O/c1-15(2)9-11-22(12-10-16(3)4)20(23)13-17-14-21-19-8-6-5-7-18(17)19/h5-8,14-16,21H,9-13H2,1-4H3. The summed E-state index contributed by atoms with van der Waals surface area (Å²) in [6.45, 7) is 10.6. The van der Waals surface area contributed by atoms with Crippen LogP contribution in [-0.2, 0) is 11.2 Å². The molecule has 2 aromatic rings. The van der Waals surface area contributed by atoms with Gasteiger partial charge in [-0.3, -0.25) is 4.79 Å². The second-order valence-electron chi connectivity index (χ2n) is 7.28. The molecule has 0 spiro atoms. The summed E-state index contributed by atoms with van der Waals surface area (Å²) in [5.41, 5.74) is 2.20. The van der Waals surface area contributed by atoms with Gasteiger partial charge in [-0.2, -0.15) is 0 Å². The summed E-state index contributed by atoms with van der Waals surface area (Å²) < 4.78 is 0. The van der Waals surface area contributed by atoms with Gasteiger partial charge in [0, 0.05) is 30.2 Å². The average Bonchev–Trinajstić information content (AvgIpc) is 2.90. The monoisotopic (exact) mass is 314 g/mol. The van der Waals surface area contributed by atoms with Crippen LogP contribution in [0.3, 0.4) is 0 Å². The predicted octanol–water partition coefficient (Wildman–Crippen LogP) is 4.63. The summed E-state index contributed by atoms with van der Waals surface area (Å²) in [5.74, 6) is 1.49. The summed E-state index contributed by atoms with van der Waals surface area (Å²) in [5, 5.41) is 1.16. The number of aromatic nitrogens is 1.